The summed E-state index contributed by atoms with van der Waals surface area (Å²) in [6, 6.07) is 0. The Morgan fingerprint density at radius 3 is 2.30 bits per heavy atom. The number of hydrogen-bond donors (Lipinski definition) is 2. The molecule has 4 nitrogen and oxygen atoms in total. The molecule has 0 spiro atoms. The molecule has 0 amide bonds. The van der Waals surface area contributed by atoms with Crippen LogP contribution in [0.4, 0.5) is 0 Å². The van der Waals surface area contributed by atoms with E-state index in [1.54, 1.807) is 0 Å². The molecule has 0 unspecified atom stereocenters. The Hall–Kier alpha value is -1.06. The Kier molecular flexibility index (Phi) is 1.39. The fraction of sp³-hybridized carbons (Fsp3) is 0.667. The van der Waals surface area contributed by atoms with Crippen molar-refractivity contribution < 1.29 is 10.0 Å². The first kappa shape index (κ1) is 7.05. The third-order valence-corrected chi connectivity index (χ3v) is 2.02. The van der Waals surface area contributed by atoms with Crippen LogP contribution in [0.2, 0.25) is 0 Å². The van der Waals surface area contributed by atoms with Gasteiger partial charge in [-0.05, 0) is 19.8 Å². The predicted octanol–water partition coefficient (Wildman–Crippen LogP) is 0.102. The van der Waals surface area contributed by atoms with Crippen LogP contribution in [-0.4, -0.2) is 16.8 Å². The minimum Gasteiger partial charge on any atom is -0.409 e. The SMILES string of the molecule is CC(=O)C1(/C(N)=N/O)CC1. The van der Waals surface area contributed by atoms with Gasteiger partial charge >= 0.3 is 0 Å². The average molecular weight is 142 g/mol. The van der Waals surface area contributed by atoms with Crippen LogP contribution in [0, 0.1) is 5.41 Å². The van der Waals surface area contributed by atoms with Crippen LogP contribution in [0.25, 0.3) is 0 Å². The molecule has 4 heteroatoms. The second-order valence-corrected chi connectivity index (χ2v) is 2.62. The first-order valence-electron chi connectivity index (χ1n) is 3.12. The van der Waals surface area contributed by atoms with Crippen LogP contribution in [0.1, 0.15) is 19.8 Å². The minimum atomic E-state index is -0.602. The molecular formula is C6H10N2O2. The van der Waals surface area contributed by atoms with Crippen molar-refractivity contribution >= 4 is 11.6 Å². The zero-order chi connectivity index (χ0) is 7.78. The lowest BCUT2D eigenvalue weighted by molar-refractivity contribution is -0.119. The average Bonchev–Trinajstić information content (AvgIpc) is 2.65. The minimum absolute atomic E-state index is 0.0113. The van der Waals surface area contributed by atoms with E-state index in [1.807, 2.05) is 0 Å². The third kappa shape index (κ3) is 0.761. The maximum absolute atomic E-state index is 10.9. The summed E-state index contributed by atoms with van der Waals surface area (Å²) in [5, 5.41) is 11.1. The van der Waals surface area contributed by atoms with E-state index in [9.17, 15) is 4.79 Å². The molecule has 0 aromatic heterocycles. The van der Waals surface area contributed by atoms with Gasteiger partial charge in [0.15, 0.2) is 5.84 Å². The van der Waals surface area contributed by atoms with Crippen LogP contribution >= 0.6 is 0 Å². The Morgan fingerprint density at radius 1 is 1.70 bits per heavy atom. The zero-order valence-corrected chi connectivity index (χ0v) is 5.79. The van der Waals surface area contributed by atoms with Crippen molar-refractivity contribution in [1.82, 2.24) is 0 Å². The van der Waals surface area contributed by atoms with Crippen LogP contribution in [-0.2, 0) is 4.79 Å². The van der Waals surface area contributed by atoms with E-state index in [1.165, 1.54) is 6.92 Å². The van der Waals surface area contributed by atoms with E-state index in [0.29, 0.717) is 0 Å². The lowest BCUT2D eigenvalue weighted by atomic mass is 10.0. The van der Waals surface area contributed by atoms with Crippen LogP contribution in [0.3, 0.4) is 0 Å². The molecule has 1 fully saturated rings. The summed E-state index contributed by atoms with van der Waals surface area (Å²) < 4.78 is 0. The van der Waals surface area contributed by atoms with Crippen molar-refractivity contribution in [3.63, 3.8) is 0 Å². The molecule has 0 heterocycles. The molecule has 0 saturated heterocycles. The van der Waals surface area contributed by atoms with E-state index < -0.39 is 5.41 Å². The quantitative estimate of drug-likeness (QED) is 0.248. The van der Waals surface area contributed by atoms with Gasteiger partial charge in [0, 0.05) is 0 Å². The number of oxime groups is 1. The molecule has 3 N–H and O–H groups in total. The van der Waals surface area contributed by atoms with Crippen molar-refractivity contribution in [1.29, 1.82) is 0 Å². The maximum Gasteiger partial charge on any atom is 0.152 e. The summed E-state index contributed by atoms with van der Waals surface area (Å²) in [5.41, 5.74) is 4.69. The van der Waals surface area contributed by atoms with Crippen molar-refractivity contribution in [3.8, 4) is 0 Å². The van der Waals surface area contributed by atoms with E-state index in [2.05, 4.69) is 5.16 Å². The summed E-state index contributed by atoms with van der Waals surface area (Å²) in [6.07, 6.45) is 1.44. The van der Waals surface area contributed by atoms with Gasteiger partial charge in [0.25, 0.3) is 0 Å². The van der Waals surface area contributed by atoms with Gasteiger partial charge in [0.1, 0.15) is 5.78 Å². The lowest BCUT2D eigenvalue weighted by Gasteiger charge is -2.06. The molecular weight excluding hydrogens is 132 g/mol. The molecule has 1 aliphatic rings. The van der Waals surface area contributed by atoms with Crippen molar-refractivity contribution in [2.45, 2.75) is 19.8 Å². The third-order valence-electron chi connectivity index (χ3n) is 2.02. The van der Waals surface area contributed by atoms with E-state index in [0.717, 1.165) is 12.8 Å². The zero-order valence-electron chi connectivity index (χ0n) is 5.79. The predicted molar refractivity (Wildman–Crippen MR) is 35.8 cm³/mol. The number of ketones is 1. The van der Waals surface area contributed by atoms with Crippen molar-refractivity contribution in [2.24, 2.45) is 16.3 Å². The van der Waals surface area contributed by atoms with Crippen LogP contribution < -0.4 is 5.73 Å². The number of carbonyl (C=O) groups excluding carboxylic acids is 1. The summed E-state index contributed by atoms with van der Waals surface area (Å²) in [4.78, 5) is 10.9. The van der Waals surface area contributed by atoms with Crippen LogP contribution in [0.15, 0.2) is 5.16 Å². The highest BCUT2D eigenvalue weighted by atomic mass is 16.4. The molecule has 1 rings (SSSR count). The summed E-state index contributed by atoms with van der Waals surface area (Å²) in [5.74, 6) is 0.0443. The normalized spacial score (nSPS) is 22.3. The number of carbonyl (C=O) groups is 1. The second-order valence-electron chi connectivity index (χ2n) is 2.62. The fourth-order valence-electron chi connectivity index (χ4n) is 1.01. The molecule has 56 valence electrons. The highest BCUT2D eigenvalue weighted by molar-refractivity contribution is 6.09. The largest absolute Gasteiger partial charge is 0.409 e. The summed E-state index contributed by atoms with van der Waals surface area (Å²) in [6.45, 7) is 1.46. The van der Waals surface area contributed by atoms with Gasteiger partial charge in [-0.2, -0.15) is 0 Å². The molecule has 0 aromatic rings. The standard InChI is InChI=1S/C6H10N2O2/c1-4(9)6(2-3-6)5(7)8-10/h10H,2-3H2,1H3,(H2,7,8). The maximum atomic E-state index is 10.9. The van der Waals surface area contributed by atoms with Gasteiger partial charge in [-0.25, -0.2) is 0 Å². The van der Waals surface area contributed by atoms with E-state index in [4.69, 9.17) is 10.9 Å². The highest BCUT2D eigenvalue weighted by Crippen LogP contribution is 2.46. The van der Waals surface area contributed by atoms with Gasteiger partial charge in [-0.15, -0.1) is 0 Å². The topological polar surface area (TPSA) is 75.7 Å². The molecule has 0 atom stereocenters. The molecule has 1 saturated carbocycles. The van der Waals surface area contributed by atoms with Gasteiger partial charge in [-0.1, -0.05) is 5.16 Å². The monoisotopic (exact) mass is 142 g/mol. The van der Waals surface area contributed by atoms with Gasteiger partial charge in [0.2, 0.25) is 0 Å². The summed E-state index contributed by atoms with van der Waals surface area (Å²) in [7, 11) is 0. The fourth-order valence-corrected chi connectivity index (χ4v) is 1.01. The molecule has 0 aromatic carbocycles. The Bertz CT molecular complexity index is 194. The number of nitrogens with two attached hydrogens (primary N) is 1. The molecule has 10 heavy (non-hydrogen) atoms. The molecule has 0 radical (unpaired) electrons. The van der Waals surface area contributed by atoms with Crippen molar-refractivity contribution in [2.75, 3.05) is 0 Å². The lowest BCUT2D eigenvalue weighted by Crippen LogP contribution is -2.30. The van der Waals surface area contributed by atoms with Gasteiger partial charge in [-0.3, -0.25) is 4.79 Å². The molecule has 1 aliphatic carbocycles. The number of Topliss-reactive ketones (excluding diaryl/α,β-unsaturated/α-hetero) is 1. The Labute approximate surface area is 58.7 Å². The number of rotatable bonds is 2. The number of hydrogen-bond acceptors (Lipinski definition) is 3. The van der Waals surface area contributed by atoms with Gasteiger partial charge < -0.3 is 10.9 Å². The van der Waals surface area contributed by atoms with Gasteiger partial charge in [0.05, 0.1) is 5.41 Å². The molecule has 0 aliphatic heterocycles. The Balaban J connectivity index is 2.79. The highest BCUT2D eigenvalue weighted by Gasteiger charge is 2.51. The molecule has 0 bridgehead atoms. The van der Waals surface area contributed by atoms with E-state index in [-0.39, 0.29) is 11.6 Å². The first-order valence-corrected chi connectivity index (χ1v) is 3.12. The Morgan fingerprint density at radius 2 is 2.20 bits per heavy atom. The van der Waals surface area contributed by atoms with E-state index >= 15 is 0 Å². The van der Waals surface area contributed by atoms with Crippen molar-refractivity contribution in [3.05, 3.63) is 0 Å². The first-order chi connectivity index (χ1) is 4.63. The van der Waals surface area contributed by atoms with Crippen LogP contribution in [0.5, 0.6) is 0 Å². The smallest absolute Gasteiger partial charge is 0.152 e. The second kappa shape index (κ2) is 1.97. The number of amidine groups is 1. The number of nitrogens with zero attached hydrogens (tertiary/aromatic N) is 1. The summed E-state index contributed by atoms with van der Waals surface area (Å²) >= 11 is 0.